The van der Waals surface area contributed by atoms with Crippen LogP contribution in [-0.4, -0.2) is 23.3 Å². The zero-order chi connectivity index (χ0) is 15.8. The van der Waals surface area contributed by atoms with Gasteiger partial charge in [0.2, 0.25) is 0 Å². The van der Waals surface area contributed by atoms with Gasteiger partial charge in [-0.3, -0.25) is 10.1 Å². The molecule has 0 bridgehead atoms. The molecule has 1 N–H and O–H groups in total. The van der Waals surface area contributed by atoms with Crippen LogP contribution in [0.5, 0.6) is 5.75 Å². The number of hydrogen-bond acceptors (Lipinski definition) is 5. The lowest BCUT2D eigenvalue weighted by Crippen LogP contribution is -2.17. The number of rotatable bonds is 6. The van der Waals surface area contributed by atoms with E-state index in [0.717, 1.165) is 5.75 Å². The predicted molar refractivity (Wildman–Crippen MR) is 87.2 cm³/mol. The molecule has 0 fully saturated rings. The van der Waals surface area contributed by atoms with Crippen LogP contribution in [0.1, 0.15) is 0 Å². The zero-order valence-electron chi connectivity index (χ0n) is 11.6. The summed E-state index contributed by atoms with van der Waals surface area (Å²) >= 11 is 5.03. The van der Waals surface area contributed by atoms with Gasteiger partial charge in [-0.25, -0.2) is 0 Å². The maximum Gasteiger partial charge on any atom is 0.269 e. The molecular weight excluding hydrogens is 304 g/mol. The van der Waals surface area contributed by atoms with Crippen molar-refractivity contribution in [2.75, 3.05) is 18.5 Å². The number of non-ortho nitro benzene ring substituents is 1. The molecule has 7 heteroatoms. The molecule has 22 heavy (non-hydrogen) atoms. The highest BCUT2D eigenvalue weighted by atomic mass is 32.1. The van der Waals surface area contributed by atoms with Gasteiger partial charge in [0.1, 0.15) is 19.0 Å². The Labute approximate surface area is 132 Å². The van der Waals surface area contributed by atoms with Crippen molar-refractivity contribution in [1.29, 1.82) is 0 Å². The van der Waals surface area contributed by atoms with E-state index in [0.29, 0.717) is 18.9 Å². The molecule has 0 heterocycles. The van der Waals surface area contributed by atoms with E-state index < -0.39 is 4.92 Å². The summed E-state index contributed by atoms with van der Waals surface area (Å²) in [6.07, 6.45) is 0. The van der Waals surface area contributed by atoms with Crippen molar-refractivity contribution in [2.45, 2.75) is 0 Å². The van der Waals surface area contributed by atoms with Gasteiger partial charge in [0.25, 0.3) is 10.9 Å². The maximum atomic E-state index is 10.5. The van der Waals surface area contributed by atoms with Gasteiger partial charge >= 0.3 is 0 Å². The highest BCUT2D eigenvalue weighted by molar-refractivity contribution is 7.80. The molecule has 0 saturated carbocycles. The number of nitrogens with zero attached hydrogens (tertiary/aromatic N) is 1. The first-order valence-electron chi connectivity index (χ1n) is 6.51. The van der Waals surface area contributed by atoms with E-state index in [1.54, 1.807) is 12.1 Å². The molecule has 2 aromatic rings. The number of nitro groups is 1. The average molecular weight is 318 g/mol. The highest BCUT2D eigenvalue weighted by Gasteiger charge is 2.05. The van der Waals surface area contributed by atoms with Crippen molar-refractivity contribution < 1.29 is 14.4 Å². The first kappa shape index (κ1) is 15.7. The largest absolute Gasteiger partial charge is 0.490 e. The van der Waals surface area contributed by atoms with E-state index >= 15 is 0 Å². The van der Waals surface area contributed by atoms with E-state index in [4.69, 9.17) is 21.7 Å². The average Bonchev–Trinajstić information content (AvgIpc) is 2.53. The molecule has 6 nitrogen and oxygen atoms in total. The number of nitro benzene ring substituents is 1. The number of nitrogens with one attached hydrogen (secondary N) is 1. The predicted octanol–water partition coefficient (Wildman–Crippen LogP) is 3.39. The summed E-state index contributed by atoms with van der Waals surface area (Å²) in [6, 6.07) is 15.3. The Balaban J connectivity index is 1.70. The Morgan fingerprint density at radius 3 is 2.41 bits per heavy atom. The van der Waals surface area contributed by atoms with Crippen LogP contribution < -0.4 is 10.1 Å². The molecule has 0 aliphatic rings. The third-order valence-electron chi connectivity index (χ3n) is 2.65. The number of para-hydroxylation sites is 1. The molecule has 2 aromatic carbocycles. The quantitative estimate of drug-likeness (QED) is 0.381. The Bertz CT molecular complexity index is 632. The third-order valence-corrected chi connectivity index (χ3v) is 2.87. The molecule has 0 spiro atoms. The fourth-order valence-corrected chi connectivity index (χ4v) is 1.83. The zero-order valence-corrected chi connectivity index (χ0v) is 12.4. The third kappa shape index (κ3) is 5.02. The van der Waals surface area contributed by atoms with Crippen LogP contribution >= 0.6 is 12.2 Å². The highest BCUT2D eigenvalue weighted by Crippen LogP contribution is 2.15. The van der Waals surface area contributed by atoms with Crippen LogP contribution in [0.15, 0.2) is 54.6 Å². The first-order valence-corrected chi connectivity index (χ1v) is 6.92. The normalized spacial score (nSPS) is 9.82. The van der Waals surface area contributed by atoms with E-state index in [2.05, 4.69) is 5.32 Å². The Kier molecular flexibility index (Phi) is 5.67. The van der Waals surface area contributed by atoms with Gasteiger partial charge in [-0.1, -0.05) is 18.2 Å². The molecule has 0 saturated heterocycles. The number of hydrogen-bond donors (Lipinski definition) is 1. The van der Waals surface area contributed by atoms with Gasteiger partial charge in [-0.05, 0) is 36.5 Å². The lowest BCUT2D eigenvalue weighted by atomic mass is 10.3. The SMILES string of the molecule is O=[N+]([O-])c1ccc(NC(=S)OCCOc2ccccc2)cc1. The molecule has 2 rings (SSSR count). The van der Waals surface area contributed by atoms with Crippen LogP contribution in [0.2, 0.25) is 0 Å². The van der Waals surface area contributed by atoms with Crippen molar-refractivity contribution >= 4 is 28.8 Å². The second kappa shape index (κ2) is 7.94. The maximum absolute atomic E-state index is 10.5. The monoisotopic (exact) mass is 318 g/mol. The van der Waals surface area contributed by atoms with E-state index in [1.165, 1.54) is 12.1 Å². The standard InChI is InChI=1S/C15H14N2O4S/c18-17(19)13-8-6-12(7-9-13)16-15(22)21-11-10-20-14-4-2-1-3-5-14/h1-9H,10-11H2,(H,16,22). The lowest BCUT2D eigenvalue weighted by molar-refractivity contribution is -0.384. The van der Waals surface area contributed by atoms with Crippen LogP contribution in [0.25, 0.3) is 0 Å². The minimum Gasteiger partial charge on any atom is -0.490 e. The summed E-state index contributed by atoms with van der Waals surface area (Å²) in [5.41, 5.74) is 0.647. The van der Waals surface area contributed by atoms with Crippen LogP contribution in [-0.2, 0) is 4.74 Å². The second-order valence-corrected chi connectivity index (χ2v) is 4.60. The minimum absolute atomic E-state index is 0.0219. The van der Waals surface area contributed by atoms with Crippen molar-refractivity contribution in [3.8, 4) is 5.75 Å². The summed E-state index contributed by atoms with van der Waals surface area (Å²) in [7, 11) is 0. The molecule has 0 aliphatic heterocycles. The summed E-state index contributed by atoms with van der Waals surface area (Å²) < 4.78 is 10.8. The van der Waals surface area contributed by atoms with Crippen LogP contribution in [0.3, 0.4) is 0 Å². The second-order valence-electron chi connectivity index (χ2n) is 4.23. The number of benzene rings is 2. The molecule has 0 aliphatic carbocycles. The van der Waals surface area contributed by atoms with E-state index in [-0.39, 0.29) is 10.9 Å². The van der Waals surface area contributed by atoms with Crippen molar-refractivity contribution in [1.82, 2.24) is 0 Å². The Morgan fingerprint density at radius 2 is 1.77 bits per heavy atom. The summed E-state index contributed by atoms with van der Waals surface area (Å²) in [4.78, 5) is 10.1. The van der Waals surface area contributed by atoms with Crippen molar-refractivity contribution in [3.05, 3.63) is 64.7 Å². The summed E-state index contributed by atoms with van der Waals surface area (Å²) in [5.74, 6) is 0.764. The van der Waals surface area contributed by atoms with Gasteiger partial charge in [0, 0.05) is 17.8 Å². The van der Waals surface area contributed by atoms with Crippen molar-refractivity contribution in [2.24, 2.45) is 0 Å². The van der Waals surface area contributed by atoms with Crippen LogP contribution in [0.4, 0.5) is 11.4 Å². The summed E-state index contributed by atoms with van der Waals surface area (Å²) in [5, 5.41) is 13.6. The smallest absolute Gasteiger partial charge is 0.269 e. The van der Waals surface area contributed by atoms with Crippen LogP contribution in [0, 0.1) is 10.1 Å². The van der Waals surface area contributed by atoms with Crippen molar-refractivity contribution in [3.63, 3.8) is 0 Å². The molecule has 0 unspecified atom stereocenters. The topological polar surface area (TPSA) is 73.6 Å². The molecule has 0 amide bonds. The number of ether oxygens (including phenoxy) is 2. The molecule has 114 valence electrons. The Morgan fingerprint density at radius 1 is 1.09 bits per heavy atom. The van der Waals surface area contributed by atoms with E-state index in [1.807, 2.05) is 30.3 Å². The molecule has 0 radical (unpaired) electrons. The Hall–Kier alpha value is -2.67. The van der Waals surface area contributed by atoms with Gasteiger partial charge in [0.15, 0.2) is 0 Å². The first-order chi connectivity index (χ1) is 10.6. The molecule has 0 atom stereocenters. The fourth-order valence-electron chi connectivity index (χ4n) is 1.63. The van der Waals surface area contributed by atoms with Gasteiger partial charge in [-0.2, -0.15) is 0 Å². The summed E-state index contributed by atoms with van der Waals surface area (Å²) in [6.45, 7) is 0.666. The van der Waals surface area contributed by atoms with Gasteiger partial charge in [-0.15, -0.1) is 0 Å². The lowest BCUT2D eigenvalue weighted by Gasteiger charge is -2.10. The van der Waals surface area contributed by atoms with Gasteiger partial charge < -0.3 is 14.8 Å². The molecular formula is C15H14N2O4S. The number of thiocarbonyl (C=S) groups is 1. The molecule has 0 aromatic heterocycles. The van der Waals surface area contributed by atoms with E-state index in [9.17, 15) is 10.1 Å². The minimum atomic E-state index is -0.459. The fraction of sp³-hybridized carbons (Fsp3) is 0.133. The van der Waals surface area contributed by atoms with Gasteiger partial charge in [0.05, 0.1) is 4.92 Å². The number of anilines is 1.